The Morgan fingerprint density at radius 3 is 1.36 bits per heavy atom. The molecule has 12 aromatic rings. The van der Waals surface area contributed by atoms with E-state index in [1.165, 1.54) is 12.4 Å². The monoisotopic (exact) mass is 717 g/mol. The van der Waals surface area contributed by atoms with Crippen LogP contribution in [0.1, 0.15) is 11.1 Å². The highest BCUT2D eigenvalue weighted by Gasteiger charge is 2.24. The van der Waals surface area contributed by atoms with Crippen LogP contribution in [0.3, 0.4) is 0 Å². The largest absolute Gasteiger partial charge is 0.455 e. The molecule has 0 aliphatic rings. The van der Waals surface area contributed by atoms with Gasteiger partial charge in [0.15, 0.2) is 0 Å². The van der Waals surface area contributed by atoms with Gasteiger partial charge in [0.1, 0.15) is 11.2 Å². The van der Waals surface area contributed by atoms with Gasteiger partial charge in [0, 0.05) is 67.2 Å². The Morgan fingerprint density at radius 2 is 0.839 bits per heavy atom. The molecule has 0 unspecified atom stereocenters. The zero-order valence-corrected chi connectivity index (χ0v) is 30.0. The summed E-state index contributed by atoms with van der Waals surface area (Å²) in [4.78, 5) is 0. The van der Waals surface area contributed by atoms with Gasteiger partial charge in [0.25, 0.3) is 0 Å². The fourth-order valence-corrected chi connectivity index (χ4v) is 9.35. The molecule has 4 heterocycles. The molecule has 0 saturated heterocycles. The van der Waals surface area contributed by atoms with Gasteiger partial charge in [-0.05, 0) is 72.8 Å². The molecular weight excluding hydrogens is 687 g/mol. The smallest absolute Gasteiger partial charge is 0.145 e. The summed E-state index contributed by atoms with van der Waals surface area (Å²) in [5.41, 5.74) is 12.3. The minimum absolute atomic E-state index is 0.669. The third kappa shape index (κ3) is 3.99. The van der Waals surface area contributed by atoms with Gasteiger partial charge in [-0.2, -0.15) is 0 Å². The summed E-state index contributed by atoms with van der Waals surface area (Å²) in [6, 6.07) is 57.4. The van der Waals surface area contributed by atoms with Crippen molar-refractivity contribution in [1.82, 2.24) is 13.7 Å². The summed E-state index contributed by atoms with van der Waals surface area (Å²) in [6.45, 7) is 0. The van der Waals surface area contributed by atoms with Crippen molar-refractivity contribution in [3.63, 3.8) is 0 Å². The number of aromatic nitrogens is 3. The van der Waals surface area contributed by atoms with Crippen LogP contribution in [0.25, 0.3) is 104 Å². The molecule has 0 fully saturated rings. The summed E-state index contributed by atoms with van der Waals surface area (Å²) in [5.74, 6) is 0. The summed E-state index contributed by atoms with van der Waals surface area (Å²) < 4.78 is 14.0. The number of furan rings is 1. The molecule has 0 amide bonds. The summed E-state index contributed by atoms with van der Waals surface area (Å²) in [6.07, 6.45) is 2.74. The molecule has 6 nitrogen and oxygen atoms in total. The fourth-order valence-electron chi connectivity index (χ4n) is 9.35. The third-order valence-corrected chi connectivity index (χ3v) is 11.6. The van der Waals surface area contributed by atoms with Crippen LogP contribution in [0, 0.1) is 10.8 Å². The summed E-state index contributed by atoms with van der Waals surface area (Å²) in [7, 11) is 0. The SMILES string of the molecule is N=Cc1cc(-n2c3ccccc3c3c4oc5c(ccc6c5c5ccccc5n6-c5ccccc5)c4ccc32)cc(-n2c3ccccc3c3ccccc32)c1C=N. The second kappa shape index (κ2) is 11.4. The maximum absolute atomic E-state index is 8.59. The van der Waals surface area contributed by atoms with Gasteiger partial charge < -0.3 is 28.9 Å². The van der Waals surface area contributed by atoms with Crippen molar-refractivity contribution in [2.75, 3.05) is 0 Å². The number of rotatable bonds is 5. The van der Waals surface area contributed by atoms with E-state index >= 15 is 0 Å². The van der Waals surface area contributed by atoms with Gasteiger partial charge in [-0.15, -0.1) is 0 Å². The Morgan fingerprint density at radius 1 is 0.375 bits per heavy atom. The third-order valence-electron chi connectivity index (χ3n) is 11.6. The lowest BCUT2D eigenvalue weighted by molar-refractivity contribution is 0.677. The highest BCUT2D eigenvalue weighted by atomic mass is 16.3. The first kappa shape index (κ1) is 30.7. The average molecular weight is 718 g/mol. The molecule has 0 spiro atoms. The summed E-state index contributed by atoms with van der Waals surface area (Å²) >= 11 is 0. The predicted octanol–water partition coefficient (Wildman–Crippen LogP) is 12.9. The summed E-state index contributed by atoms with van der Waals surface area (Å²) in [5, 5.41) is 26.0. The molecule has 0 saturated carbocycles. The Bertz CT molecular complexity index is 3580. The number of hydrogen-bond donors (Lipinski definition) is 2. The molecule has 262 valence electrons. The molecule has 2 N–H and O–H groups in total. The Balaban J connectivity index is 1.18. The second-order valence-electron chi connectivity index (χ2n) is 14.4. The zero-order chi connectivity index (χ0) is 37.1. The molecule has 56 heavy (non-hydrogen) atoms. The van der Waals surface area contributed by atoms with Crippen molar-refractivity contribution >= 4 is 99.8 Å². The van der Waals surface area contributed by atoms with Crippen molar-refractivity contribution in [1.29, 1.82) is 10.8 Å². The van der Waals surface area contributed by atoms with E-state index in [9.17, 15) is 0 Å². The van der Waals surface area contributed by atoms with E-state index in [4.69, 9.17) is 15.2 Å². The van der Waals surface area contributed by atoms with Crippen LogP contribution in [-0.2, 0) is 0 Å². The van der Waals surface area contributed by atoms with Gasteiger partial charge in [0.05, 0.1) is 49.6 Å². The standard InChI is InChI=1S/C50H31N5O/c51-28-30-26-32(27-46(39(30)29-52)55-40-18-8-4-14-33(40)34-15-5-9-19-41(34)55)54-43-21-11-7-17-38(43)48-45(54)25-23-36-35-22-24-44-47(49(35)56-50(36)48)37-16-6-10-20-42(37)53(44)31-12-2-1-3-13-31/h1-29,51-52H. The van der Waals surface area contributed by atoms with Crippen LogP contribution >= 0.6 is 0 Å². The van der Waals surface area contributed by atoms with Crippen molar-refractivity contribution < 1.29 is 4.42 Å². The Labute approximate surface area is 319 Å². The molecule has 12 rings (SSSR count). The minimum Gasteiger partial charge on any atom is -0.455 e. The Kier molecular flexibility index (Phi) is 6.26. The molecule has 0 bridgehead atoms. The van der Waals surface area contributed by atoms with Crippen LogP contribution < -0.4 is 0 Å². The van der Waals surface area contributed by atoms with Crippen molar-refractivity contribution in [2.24, 2.45) is 0 Å². The number of nitrogens with one attached hydrogen (secondary N) is 2. The normalized spacial score (nSPS) is 12.1. The molecule has 0 aliphatic heterocycles. The molecular formula is C50H31N5O. The number of hydrogen-bond acceptors (Lipinski definition) is 3. The average Bonchev–Trinajstić information content (AvgIpc) is 3.99. The maximum Gasteiger partial charge on any atom is 0.145 e. The van der Waals surface area contributed by atoms with E-state index < -0.39 is 0 Å². The maximum atomic E-state index is 8.59. The zero-order valence-electron chi connectivity index (χ0n) is 30.0. The quantitative estimate of drug-likeness (QED) is 0.171. The van der Waals surface area contributed by atoms with E-state index in [1.807, 2.05) is 6.07 Å². The molecule has 8 aromatic carbocycles. The Hall–Kier alpha value is -7.70. The lowest BCUT2D eigenvalue weighted by Gasteiger charge is -2.17. The predicted molar refractivity (Wildman–Crippen MR) is 233 cm³/mol. The molecule has 6 heteroatoms. The van der Waals surface area contributed by atoms with Crippen LogP contribution in [0.2, 0.25) is 0 Å². The highest BCUT2D eigenvalue weighted by Crippen LogP contribution is 2.45. The van der Waals surface area contributed by atoms with E-state index in [0.717, 1.165) is 104 Å². The van der Waals surface area contributed by atoms with Crippen LogP contribution in [0.15, 0.2) is 168 Å². The molecule has 0 radical (unpaired) electrons. The van der Waals surface area contributed by atoms with E-state index in [-0.39, 0.29) is 0 Å². The number of benzene rings is 8. The topological polar surface area (TPSA) is 75.6 Å². The lowest BCUT2D eigenvalue weighted by Crippen LogP contribution is -2.06. The van der Waals surface area contributed by atoms with Crippen LogP contribution in [-0.4, -0.2) is 26.1 Å². The first-order valence-corrected chi connectivity index (χ1v) is 18.8. The van der Waals surface area contributed by atoms with E-state index in [0.29, 0.717) is 11.1 Å². The molecule has 0 aliphatic carbocycles. The number of fused-ring (bicyclic) bond motifs is 14. The van der Waals surface area contributed by atoms with E-state index in [1.54, 1.807) is 0 Å². The highest BCUT2D eigenvalue weighted by molar-refractivity contribution is 6.29. The molecule has 4 aromatic heterocycles. The number of para-hydroxylation sites is 5. The van der Waals surface area contributed by atoms with Crippen LogP contribution in [0.5, 0.6) is 0 Å². The first-order chi connectivity index (χ1) is 27.7. The second-order valence-corrected chi connectivity index (χ2v) is 14.4. The van der Waals surface area contributed by atoms with Gasteiger partial charge in [0.2, 0.25) is 0 Å². The fraction of sp³-hybridized carbons (Fsp3) is 0. The lowest BCUT2D eigenvalue weighted by atomic mass is 10.0. The van der Waals surface area contributed by atoms with Crippen molar-refractivity contribution in [2.45, 2.75) is 0 Å². The first-order valence-electron chi connectivity index (χ1n) is 18.8. The van der Waals surface area contributed by atoms with Crippen molar-refractivity contribution in [3.8, 4) is 17.1 Å². The van der Waals surface area contributed by atoms with Gasteiger partial charge >= 0.3 is 0 Å². The van der Waals surface area contributed by atoms with Crippen molar-refractivity contribution in [3.05, 3.63) is 175 Å². The number of nitrogens with zero attached hydrogens (tertiary/aromatic N) is 3. The van der Waals surface area contributed by atoms with E-state index in [2.05, 4.69) is 171 Å². The van der Waals surface area contributed by atoms with Gasteiger partial charge in [-0.1, -0.05) is 91.0 Å². The van der Waals surface area contributed by atoms with Gasteiger partial charge in [-0.3, -0.25) is 0 Å². The van der Waals surface area contributed by atoms with Crippen LogP contribution in [0.4, 0.5) is 0 Å². The molecule has 0 atom stereocenters. The minimum atomic E-state index is 0.669. The van der Waals surface area contributed by atoms with Gasteiger partial charge in [-0.25, -0.2) is 0 Å².